The fourth-order valence-electron chi connectivity index (χ4n) is 3.80. The third-order valence-electron chi connectivity index (χ3n) is 5.32. The van der Waals surface area contributed by atoms with Gasteiger partial charge in [0, 0.05) is 32.2 Å². The summed E-state index contributed by atoms with van der Waals surface area (Å²) in [6.45, 7) is 7.43. The summed E-state index contributed by atoms with van der Waals surface area (Å²) in [6.07, 6.45) is 5.49. The first kappa shape index (κ1) is 19.5. The first-order valence-corrected chi connectivity index (χ1v) is 10.0. The van der Waals surface area contributed by atoms with Gasteiger partial charge in [-0.05, 0) is 50.7 Å². The van der Waals surface area contributed by atoms with Crippen LogP contribution in [0.5, 0.6) is 0 Å². The second kappa shape index (κ2) is 9.06. The van der Waals surface area contributed by atoms with E-state index in [-0.39, 0.29) is 12.0 Å². The zero-order valence-electron chi connectivity index (χ0n) is 16.3. The van der Waals surface area contributed by atoms with Gasteiger partial charge in [0.15, 0.2) is 0 Å². The topological polar surface area (TPSA) is 74.8 Å². The molecule has 2 aliphatic heterocycles. The first-order chi connectivity index (χ1) is 13.1. The Balaban J connectivity index is 1.50. The van der Waals surface area contributed by atoms with Gasteiger partial charge in [-0.2, -0.15) is 0 Å². The number of hydrogen-bond donors (Lipinski definition) is 1. The Morgan fingerprint density at radius 1 is 1.19 bits per heavy atom. The highest BCUT2D eigenvalue weighted by Gasteiger charge is 2.24. The minimum Gasteiger partial charge on any atom is -0.450 e. The molecule has 0 aromatic carbocycles. The van der Waals surface area contributed by atoms with Gasteiger partial charge in [-0.25, -0.2) is 9.78 Å². The van der Waals surface area contributed by atoms with E-state index < -0.39 is 0 Å². The van der Waals surface area contributed by atoms with E-state index in [0.29, 0.717) is 37.4 Å². The highest BCUT2D eigenvalue weighted by Crippen LogP contribution is 2.19. The second-order valence-electron chi connectivity index (χ2n) is 7.54. The largest absolute Gasteiger partial charge is 0.450 e. The molecule has 2 amide bonds. The van der Waals surface area contributed by atoms with Crippen LogP contribution in [0.25, 0.3) is 0 Å². The number of nitrogens with zero attached hydrogens (tertiary/aromatic N) is 3. The predicted octanol–water partition coefficient (Wildman–Crippen LogP) is 2.99. The van der Waals surface area contributed by atoms with Gasteiger partial charge in [0.2, 0.25) is 0 Å². The third-order valence-corrected chi connectivity index (χ3v) is 5.32. The van der Waals surface area contributed by atoms with Gasteiger partial charge >= 0.3 is 6.09 Å². The van der Waals surface area contributed by atoms with Crippen LogP contribution >= 0.6 is 0 Å². The molecule has 27 heavy (non-hydrogen) atoms. The summed E-state index contributed by atoms with van der Waals surface area (Å²) in [6, 6.07) is 4.02. The molecule has 3 rings (SSSR count). The van der Waals surface area contributed by atoms with E-state index in [1.54, 1.807) is 17.2 Å². The normalized spacial score (nSPS) is 21.0. The zero-order chi connectivity index (χ0) is 19.2. The Labute approximate surface area is 161 Å². The van der Waals surface area contributed by atoms with Crippen LogP contribution in [-0.2, 0) is 4.74 Å². The van der Waals surface area contributed by atoms with Crippen molar-refractivity contribution < 1.29 is 14.3 Å². The molecule has 1 aromatic rings. The Morgan fingerprint density at radius 2 is 1.96 bits per heavy atom. The molecule has 2 fully saturated rings. The number of carbonyl (C=O) groups excluding carboxylic acids is 2. The van der Waals surface area contributed by atoms with Crippen molar-refractivity contribution in [1.82, 2.24) is 14.8 Å². The van der Waals surface area contributed by atoms with E-state index in [9.17, 15) is 9.59 Å². The molecule has 2 saturated heterocycles. The zero-order valence-corrected chi connectivity index (χ0v) is 16.3. The van der Waals surface area contributed by atoms with Crippen molar-refractivity contribution in [2.24, 2.45) is 5.92 Å². The van der Waals surface area contributed by atoms with E-state index in [4.69, 9.17) is 4.74 Å². The van der Waals surface area contributed by atoms with Crippen molar-refractivity contribution in [3.63, 3.8) is 0 Å². The highest BCUT2D eigenvalue weighted by molar-refractivity contribution is 5.92. The molecule has 3 heterocycles. The van der Waals surface area contributed by atoms with Gasteiger partial charge in [0.25, 0.3) is 5.91 Å². The lowest BCUT2D eigenvalue weighted by molar-refractivity contribution is 0.0677. The lowest BCUT2D eigenvalue weighted by Gasteiger charge is -2.32. The van der Waals surface area contributed by atoms with Crippen molar-refractivity contribution in [2.45, 2.75) is 45.6 Å². The average molecular weight is 374 g/mol. The molecule has 1 aromatic heterocycles. The van der Waals surface area contributed by atoms with Crippen LogP contribution in [0.4, 0.5) is 10.5 Å². The van der Waals surface area contributed by atoms with Gasteiger partial charge in [-0.3, -0.25) is 4.79 Å². The molecular formula is C20H30N4O3. The molecule has 2 aliphatic rings. The van der Waals surface area contributed by atoms with Crippen molar-refractivity contribution in [1.29, 1.82) is 0 Å². The number of amides is 2. The Hall–Kier alpha value is -2.31. The number of hydrogen-bond acceptors (Lipinski definition) is 5. The van der Waals surface area contributed by atoms with E-state index in [0.717, 1.165) is 38.0 Å². The number of anilines is 1. The number of piperidine rings is 2. The quantitative estimate of drug-likeness (QED) is 0.877. The molecule has 7 nitrogen and oxygen atoms in total. The minimum absolute atomic E-state index is 0.0239. The fraction of sp³-hybridized carbons (Fsp3) is 0.650. The number of nitrogens with one attached hydrogen (secondary N) is 1. The molecule has 1 N–H and O–H groups in total. The predicted molar refractivity (Wildman–Crippen MR) is 104 cm³/mol. The number of likely N-dealkylation sites (tertiary alicyclic amines) is 2. The lowest BCUT2D eigenvalue weighted by atomic mass is 10.00. The Morgan fingerprint density at radius 3 is 2.59 bits per heavy atom. The maximum atomic E-state index is 12.6. The Kier molecular flexibility index (Phi) is 6.53. The van der Waals surface area contributed by atoms with E-state index in [1.807, 2.05) is 17.9 Å². The van der Waals surface area contributed by atoms with Crippen LogP contribution in [0, 0.1) is 5.92 Å². The fourth-order valence-corrected chi connectivity index (χ4v) is 3.80. The minimum atomic E-state index is -0.229. The lowest BCUT2D eigenvalue weighted by Crippen LogP contribution is -2.42. The number of carbonyl (C=O) groups is 2. The maximum absolute atomic E-state index is 12.6. The first-order valence-electron chi connectivity index (χ1n) is 10.0. The molecule has 0 bridgehead atoms. The molecule has 0 aliphatic carbocycles. The van der Waals surface area contributed by atoms with Gasteiger partial charge in [0.05, 0.1) is 18.5 Å². The molecule has 7 heteroatoms. The summed E-state index contributed by atoms with van der Waals surface area (Å²) in [5, 5.41) is 3.46. The summed E-state index contributed by atoms with van der Waals surface area (Å²) >= 11 is 0. The summed E-state index contributed by atoms with van der Waals surface area (Å²) < 4.78 is 5.05. The molecule has 0 saturated carbocycles. The number of aromatic nitrogens is 1. The summed E-state index contributed by atoms with van der Waals surface area (Å²) in [4.78, 5) is 32.4. The van der Waals surface area contributed by atoms with Gasteiger partial charge in [-0.1, -0.05) is 6.92 Å². The van der Waals surface area contributed by atoms with Crippen molar-refractivity contribution in [3.05, 3.63) is 24.0 Å². The van der Waals surface area contributed by atoms with E-state index >= 15 is 0 Å². The maximum Gasteiger partial charge on any atom is 0.409 e. The smallest absolute Gasteiger partial charge is 0.409 e. The summed E-state index contributed by atoms with van der Waals surface area (Å²) in [5.41, 5.74) is 1.42. The van der Waals surface area contributed by atoms with Gasteiger partial charge < -0.3 is 19.9 Å². The van der Waals surface area contributed by atoms with Gasteiger partial charge in [0.1, 0.15) is 5.69 Å². The van der Waals surface area contributed by atoms with Crippen LogP contribution in [0.2, 0.25) is 0 Å². The van der Waals surface area contributed by atoms with Crippen LogP contribution in [0.1, 0.15) is 50.0 Å². The molecule has 0 radical (unpaired) electrons. The summed E-state index contributed by atoms with van der Waals surface area (Å²) in [5.74, 6) is 0.583. The standard InChI is InChI=1S/C20H30N4O3/c1-3-27-20(26)23-11-8-16(9-12-23)22-17-6-7-18(21-13-17)19(25)24-10-4-5-15(2)14-24/h6-7,13,15-16,22H,3-5,8-12,14H2,1-2H3. The third kappa shape index (κ3) is 5.11. The molecule has 148 valence electrons. The number of rotatable bonds is 4. The monoisotopic (exact) mass is 374 g/mol. The molecule has 1 atom stereocenters. The highest BCUT2D eigenvalue weighted by atomic mass is 16.6. The summed E-state index contributed by atoms with van der Waals surface area (Å²) in [7, 11) is 0. The molecular weight excluding hydrogens is 344 g/mol. The van der Waals surface area contributed by atoms with Crippen LogP contribution in [0.15, 0.2) is 18.3 Å². The SMILES string of the molecule is CCOC(=O)N1CCC(Nc2ccc(C(=O)N3CCCC(C)C3)nc2)CC1. The van der Waals surface area contributed by atoms with Gasteiger partial charge in [-0.15, -0.1) is 0 Å². The molecule has 0 spiro atoms. The van der Waals surface area contributed by atoms with E-state index in [2.05, 4.69) is 17.2 Å². The van der Waals surface area contributed by atoms with Crippen LogP contribution in [-0.4, -0.2) is 65.6 Å². The van der Waals surface area contributed by atoms with Crippen LogP contribution < -0.4 is 5.32 Å². The molecule has 1 unspecified atom stereocenters. The van der Waals surface area contributed by atoms with Crippen LogP contribution in [0.3, 0.4) is 0 Å². The number of ether oxygens (including phenoxy) is 1. The number of pyridine rings is 1. The van der Waals surface area contributed by atoms with E-state index in [1.165, 1.54) is 6.42 Å². The van der Waals surface area contributed by atoms with Crippen molar-refractivity contribution in [2.75, 3.05) is 38.1 Å². The van der Waals surface area contributed by atoms with Crippen molar-refractivity contribution >= 4 is 17.7 Å². The average Bonchev–Trinajstić information content (AvgIpc) is 2.69. The Bertz CT molecular complexity index is 641. The second-order valence-corrected chi connectivity index (χ2v) is 7.54. The van der Waals surface area contributed by atoms with Crippen molar-refractivity contribution in [3.8, 4) is 0 Å².